The minimum Gasteiger partial charge on any atom is -0.299 e. The van der Waals surface area contributed by atoms with Crippen molar-refractivity contribution in [2.45, 2.75) is 45.8 Å². The summed E-state index contributed by atoms with van der Waals surface area (Å²) >= 11 is 1.43. The molecule has 0 N–H and O–H groups in total. The standard InChI is InChI=1S/C11H21O3PS/c1-5-7-13-15(12,14-8-6-2)9-10-16-11(3)4/h11H,5-8H2,1-4H3. The Morgan fingerprint density at radius 3 is 2.06 bits per heavy atom. The van der Waals surface area contributed by atoms with Crippen molar-refractivity contribution in [3.63, 3.8) is 0 Å². The molecule has 5 heteroatoms. The average molecular weight is 264 g/mol. The van der Waals surface area contributed by atoms with E-state index in [2.05, 4.69) is 10.9 Å². The Kier molecular flexibility index (Phi) is 9.16. The van der Waals surface area contributed by atoms with Crippen LogP contribution in [0.25, 0.3) is 0 Å². The van der Waals surface area contributed by atoms with Crippen molar-refractivity contribution in [3.05, 3.63) is 0 Å². The molecule has 0 rings (SSSR count). The molecule has 0 aromatic carbocycles. The summed E-state index contributed by atoms with van der Waals surface area (Å²) in [6.07, 6.45) is 1.61. The van der Waals surface area contributed by atoms with E-state index in [1.54, 1.807) is 0 Å². The first kappa shape index (κ1) is 16.1. The summed E-state index contributed by atoms with van der Waals surface area (Å²) < 4.78 is 22.5. The van der Waals surface area contributed by atoms with E-state index in [0.29, 0.717) is 18.5 Å². The third-order valence-electron chi connectivity index (χ3n) is 1.41. The third kappa shape index (κ3) is 8.24. The van der Waals surface area contributed by atoms with Crippen LogP contribution in [0.4, 0.5) is 0 Å². The van der Waals surface area contributed by atoms with Crippen molar-refractivity contribution < 1.29 is 13.6 Å². The molecule has 0 fully saturated rings. The molecule has 0 aliphatic heterocycles. The molecule has 0 radical (unpaired) electrons. The van der Waals surface area contributed by atoms with Gasteiger partial charge in [0, 0.05) is 10.9 Å². The van der Waals surface area contributed by atoms with Crippen molar-refractivity contribution in [2.24, 2.45) is 0 Å². The van der Waals surface area contributed by atoms with Crippen LogP contribution in [0, 0.1) is 10.9 Å². The molecule has 0 bridgehead atoms. The maximum absolute atomic E-state index is 12.1. The predicted molar refractivity (Wildman–Crippen MR) is 70.6 cm³/mol. The Morgan fingerprint density at radius 1 is 1.19 bits per heavy atom. The molecule has 0 aromatic heterocycles. The first-order valence-electron chi connectivity index (χ1n) is 5.61. The molecule has 94 valence electrons. The van der Waals surface area contributed by atoms with E-state index in [1.165, 1.54) is 11.8 Å². The first-order valence-corrected chi connectivity index (χ1v) is 8.03. The smallest absolute Gasteiger partial charge is 0.299 e. The SMILES string of the molecule is CCCOP(=O)(C#CSC(C)C)OCCC. The molecule has 0 amide bonds. The van der Waals surface area contributed by atoms with Crippen LogP contribution in [0.15, 0.2) is 0 Å². The summed E-state index contributed by atoms with van der Waals surface area (Å²) in [6.45, 7) is 8.82. The Morgan fingerprint density at radius 2 is 1.69 bits per heavy atom. The summed E-state index contributed by atoms with van der Waals surface area (Å²) in [5.74, 6) is 0. The normalized spacial score (nSPS) is 11.3. The van der Waals surface area contributed by atoms with Crippen LogP contribution >= 0.6 is 19.4 Å². The highest BCUT2D eigenvalue weighted by atomic mass is 32.2. The largest absolute Gasteiger partial charge is 0.406 e. The third-order valence-corrected chi connectivity index (χ3v) is 3.68. The zero-order valence-corrected chi connectivity index (χ0v) is 12.2. The predicted octanol–water partition coefficient (Wildman–Crippen LogP) is 4.09. The van der Waals surface area contributed by atoms with E-state index in [-0.39, 0.29) is 0 Å². The number of rotatable bonds is 7. The van der Waals surface area contributed by atoms with Crippen molar-refractivity contribution in [1.29, 1.82) is 0 Å². The van der Waals surface area contributed by atoms with Crippen LogP contribution in [-0.2, 0) is 13.6 Å². The van der Waals surface area contributed by atoms with Crippen LogP contribution in [0.3, 0.4) is 0 Å². The lowest BCUT2D eigenvalue weighted by Crippen LogP contribution is -1.96. The maximum Gasteiger partial charge on any atom is 0.406 e. The maximum atomic E-state index is 12.1. The minimum atomic E-state index is -3.19. The van der Waals surface area contributed by atoms with Crippen molar-refractivity contribution in [2.75, 3.05) is 13.2 Å². The molecule has 0 saturated heterocycles. The fraction of sp³-hybridized carbons (Fsp3) is 0.818. The Labute approximate surface area is 103 Å². The molecule has 3 nitrogen and oxygen atoms in total. The number of hydrogen-bond donors (Lipinski definition) is 0. The van der Waals surface area contributed by atoms with Gasteiger partial charge in [-0.25, -0.2) is 4.57 Å². The molecule has 0 spiro atoms. The molecular formula is C11H21O3PS. The molecule has 0 saturated carbocycles. The van der Waals surface area contributed by atoms with Gasteiger partial charge in [0.05, 0.1) is 13.2 Å². The lowest BCUT2D eigenvalue weighted by molar-refractivity contribution is 0.214. The van der Waals surface area contributed by atoms with E-state index in [1.807, 2.05) is 27.7 Å². The molecule has 0 aromatic rings. The monoisotopic (exact) mass is 264 g/mol. The zero-order chi connectivity index (χ0) is 12.4. The van der Waals surface area contributed by atoms with Crippen LogP contribution in [-0.4, -0.2) is 18.5 Å². The molecule has 0 atom stereocenters. The summed E-state index contributed by atoms with van der Waals surface area (Å²) in [5, 5.41) is 3.18. The minimum absolute atomic E-state index is 0.387. The highest BCUT2D eigenvalue weighted by Crippen LogP contribution is 2.47. The van der Waals surface area contributed by atoms with Crippen LogP contribution in [0.5, 0.6) is 0 Å². The fourth-order valence-corrected chi connectivity index (χ4v) is 2.67. The van der Waals surface area contributed by atoms with Gasteiger partial charge in [0.2, 0.25) is 0 Å². The van der Waals surface area contributed by atoms with Gasteiger partial charge in [0.1, 0.15) is 0 Å². The Bertz CT molecular complexity index is 269. The van der Waals surface area contributed by atoms with Crippen molar-refractivity contribution in [3.8, 4) is 10.9 Å². The zero-order valence-electron chi connectivity index (χ0n) is 10.5. The lowest BCUT2D eigenvalue weighted by Gasteiger charge is -2.11. The lowest BCUT2D eigenvalue weighted by atomic mass is 10.5. The molecular weight excluding hydrogens is 243 g/mol. The number of thioether (sulfide) groups is 1. The van der Waals surface area contributed by atoms with Gasteiger partial charge in [0.25, 0.3) is 0 Å². The highest BCUT2D eigenvalue weighted by Gasteiger charge is 2.20. The topological polar surface area (TPSA) is 35.5 Å². The average Bonchev–Trinajstić information content (AvgIpc) is 2.23. The summed E-state index contributed by atoms with van der Waals surface area (Å²) in [7, 11) is -3.19. The van der Waals surface area contributed by atoms with Crippen LogP contribution in [0.2, 0.25) is 0 Å². The highest BCUT2D eigenvalue weighted by molar-refractivity contribution is 8.04. The number of hydrogen-bond acceptors (Lipinski definition) is 4. The summed E-state index contributed by atoms with van der Waals surface area (Å²) in [6, 6.07) is 0. The van der Waals surface area contributed by atoms with Crippen molar-refractivity contribution >= 4 is 19.4 Å². The van der Waals surface area contributed by atoms with Gasteiger partial charge >= 0.3 is 7.60 Å². The second kappa shape index (κ2) is 9.13. The summed E-state index contributed by atoms with van der Waals surface area (Å²) in [5.41, 5.74) is 2.62. The van der Waals surface area contributed by atoms with E-state index in [0.717, 1.165) is 12.8 Å². The van der Waals surface area contributed by atoms with E-state index in [4.69, 9.17) is 9.05 Å². The van der Waals surface area contributed by atoms with Gasteiger partial charge in [-0.15, -0.1) is 0 Å². The van der Waals surface area contributed by atoms with Gasteiger partial charge in [-0.3, -0.25) is 9.05 Å². The van der Waals surface area contributed by atoms with Gasteiger partial charge in [-0.2, -0.15) is 0 Å². The second-order valence-corrected chi connectivity index (χ2v) is 6.66. The molecule has 0 heterocycles. The summed E-state index contributed by atoms with van der Waals surface area (Å²) in [4.78, 5) is 0. The quantitative estimate of drug-likeness (QED) is 0.512. The fourth-order valence-electron chi connectivity index (χ4n) is 0.725. The van der Waals surface area contributed by atoms with Crippen molar-refractivity contribution in [1.82, 2.24) is 0 Å². The Balaban J connectivity index is 4.37. The molecule has 0 unspecified atom stereocenters. The van der Waals surface area contributed by atoms with E-state index >= 15 is 0 Å². The van der Waals surface area contributed by atoms with Crippen LogP contribution < -0.4 is 0 Å². The van der Waals surface area contributed by atoms with Gasteiger partial charge in [-0.1, -0.05) is 39.5 Å². The van der Waals surface area contributed by atoms with E-state index in [9.17, 15) is 4.57 Å². The van der Waals surface area contributed by atoms with Gasteiger partial charge < -0.3 is 0 Å². The molecule has 0 aliphatic carbocycles. The van der Waals surface area contributed by atoms with E-state index < -0.39 is 7.60 Å². The molecule has 16 heavy (non-hydrogen) atoms. The Hall–Kier alpha value is 0.0600. The first-order chi connectivity index (χ1) is 7.54. The van der Waals surface area contributed by atoms with Gasteiger partial charge in [0.15, 0.2) is 0 Å². The van der Waals surface area contributed by atoms with Crippen LogP contribution in [0.1, 0.15) is 40.5 Å². The second-order valence-electron chi connectivity index (χ2n) is 3.54. The van der Waals surface area contributed by atoms with Gasteiger partial charge in [-0.05, 0) is 18.1 Å². The molecule has 0 aliphatic rings.